The Morgan fingerprint density at radius 3 is 2.32 bits per heavy atom. The lowest BCUT2D eigenvalue weighted by Gasteiger charge is -2.10. The maximum Gasteiger partial charge on any atom is 0.256 e. The van der Waals surface area contributed by atoms with Crippen LogP contribution >= 0.6 is 11.3 Å². The molecule has 34 heavy (non-hydrogen) atoms. The van der Waals surface area contributed by atoms with E-state index in [-0.39, 0.29) is 11.7 Å². The molecule has 0 aliphatic rings. The van der Waals surface area contributed by atoms with Gasteiger partial charge in [0.25, 0.3) is 5.91 Å². The zero-order chi connectivity index (χ0) is 23.3. The van der Waals surface area contributed by atoms with Gasteiger partial charge in [0.2, 0.25) is 0 Å². The third-order valence-corrected chi connectivity index (χ3v) is 6.17. The molecule has 5 rings (SSSR count). The minimum atomic E-state index is -0.341. The van der Waals surface area contributed by atoms with Crippen LogP contribution in [0.5, 0.6) is 0 Å². The molecule has 0 aliphatic carbocycles. The number of hydrogen-bond acceptors (Lipinski definition) is 5. The van der Waals surface area contributed by atoms with Crippen LogP contribution in [0.4, 0.5) is 5.69 Å². The first kappa shape index (κ1) is 21.4. The second kappa shape index (κ2) is 9.60. The lowest BCUT2D eigenvalue weighted by molar-refractivity contribution is 0.0996. The number of benzene rings is 3. The van der Waals surface area contributed by atoms with E-state index in [0.717, 1.165) is 21.8 Å². The first-order valence-corrected chi connectivity index (χ1v) is 11.5. The van der Waals surface area contributed by atoms with Gasteiger partial charge < -0.3 is 5.32 Å². The summed E-state index contributed by atoms with van der Waals surface area (Å²) in [6, 6.07) is 27.2. The first-order valence-electron chi connectivity index (χ1n) is 10.7. The van der Waals surface area contributed by atoms with Gasteiger partial charge in [0.15, 0.2) is 5.78 Å². The number of carbonyl (C=O) groups excluding carboxylic acids is 2. The van der Waals surface area contributed by atoms with Gasteiger partial charge in [-0.1, -0.05) is 60.7 Å². The summed E-state index contributed by atoms with van der Waals surface area (Å²) in [7, 11) is 0. The van der Waals surface area contributed by atoms with E-state index in [0.29, 0.717) is 22.4 Å². The van der Waals surface area contributed by atoms with Crippen molar-refractivity contribution in [3.8, 4) is 21.8 Å². The Bertz CT molecular complexity index is 1460. The van der Waals surface area contributed by atoms with Crippen molar-refractivity contribution in [3.63, 3.8) is 0 Å². The molecule has 1 N–H and O–H groups in total. The Morgan fingerprint density at radius 1 is 0.765 bits per heavy atom. The molecule has 0 radical (unpaired) electrons. The number of rotatable bonds is 6. The summed E-state index contributed by atoms with van der Waals surface area (Å²) in [5.74, 6) is -0.531. The standard InChI is InChI=1S/C28H19N3O2S/c32-26(19-8-2-1-3-9-19)23-13-4-5-14-24(23)27(33)30-22-12-6-10-20(16-22)25-18-34-28(31-25)21-11-7-15-29-17-21/h1-18H,(H,30,33). The van der Waals surface area contributed by atoms with Crippen molar-refractivity contribution in [1.82, 2.24) is 9.97 Å². The molecule has 0 fully saturated rings. The van der Waals surface area contributed by atoms with Crippen molar-refractivity contribution in [2.45, 2.75) is 0 Å². The van der Waals surface area contributed by atoms with Gasteiger partial charge in [-0.05, 0) is 30.3 Å². The van der Waals surface area contributed by atoms with Gasteiger partial charge in [-0.15, -0.1) is 11.3 Å². The largest absolute Gasteiger partial charge is 0.322 e. The second-order valence-electron chi connectivity index (χ2n) is 7.56. The van der Waals surface area contributed by atoms with Crippen molar-refractivity contribution < 1.29 is 9.59 Å². The first-order chi connectivity index (χ1) is 16.7. The predicted molar refractivity (Wildman–Crippen MR) is 135 cm³/mol. The summed E-state index contributed by atoms with van der Waals surface area (Å²) >= 11 is 1.54. The molecule has 1 amide bonds. The van der Waals surface area contributed by atoms with Crippen molar-refractivity contribution in [2.75, 3.05) is 5.32 Å². The van der Waals surface area contributed by atoms with E-state index < -0.39 is 0 Å². The zero-order valence-electron chi connectivity index (χ0n) is 18.0. The second-order valence-corrected chi connectivity index (χ2v) is 8.41. The van der Waals surface area contributed by atoms with Crippen LogP contribution in [0, 0.1) is 0 Å². The topological polar surface area (TPSA) is 72.0 Å². The Balaban J connectivity index is 1.39. The summed E-state index contributed by atoms with van der Waals surface area (Å²) in [6.45, 7) is 0. The minimum absolute atomic E-state index is 0.189. The Kier molecular flexibility index (Phi) is 6.05. The molecule has 0 spiro atoms. The van der Waals surface area contributed by atoms with Crippen LogP contribution in [0.25, 0.3) is 21.8 Å². The molecule has 6 heteroatoms. The molecule has 0 aliphatic heterocycles. The highest BCUT2D eigenvalue weighted by Gasteiger charge is 2.18. The molecule has 0 bridgehead atoms. The zero-order valence-corrected chi connectivity index (χ0v) is 18.8. The van der Waals surface area contributed by atoms with Crippen molar-refractivity contribution in [3.05, 3.63) is 125 Å². The summed E-state index contributed by atoms with van der Waals surface area (Å²) in [6.07, 6.45) is 3.52. The summed E-state index contributed by atoms with van der Waals surface area (Å²) in [4.78, 5) is 35.0. The van der Waals surface area contributed by atoms with Gasteiger partial charge in [-0.2, -0.15) is 0 Å². The quantitative estimate of drug-likeness (QED) is 0.299. The molecule has 5 nitrogen and oxygen atoms in total. The molecule has 0 atom stereocenters. The number of anilines is 1. The van der Waals surface area contributed by atoms with E-state index in [2.05, 4.69) is 10.3 Å². The fourth-order valence-corrected chi connectivity index (χ4v) is 4.43. The molecule has 5 aromatic rings. The van der Waals surface area contributed by atoms with Crippen molar-refractivity contribution in [2.24, 2.45) is 0 Å². The number of nitrogens with zero attached hydrogens (tertiary/aromatic N) is 2. The van der Waals surface area contributed by atoms with Crippen LogP contribution < -0.4 is 5.32 Å². The molecule has 0 unspecified atom stereocenters. The molecule has 0 saturated heterocycles. The molecule has 164 valence electrons. The van der Waals surface area contributed by atoms with Gasteiger partial charge >= 0.3 is 0 Å². The number of amides is 1. The van der Waals surface area contributed by atoms with Gasteiger partial charge in [-0.3, -0.25) is 14.6 Å². The number of aromatic nitrogens is 2. The van der Waals surface area contributed by atoms with Gasteiger partial charge in [-0.25, -0.2) is 4.98 Å². The fourth-order valence-electron chi connectivity index (χ4n) is 3.61. The van der Waals surface area contributed by atoms with Crippen LogP contribution in [0.3, 0.4) is 0 Å². The summed E-state index contributed by atoms with van der Waals surface area (Å²) in [5.41, 5.74) is 4.52. The number of nitrogens with one attached hydrogen (secondary N) is 1. The number of pyridine rings is 1. The minimum Gasteiger partial charge on any atom is -0.322 e. The Hall–Kier alpha value is -4.42. The smallest absolute Gasteiger partial charge is 0.256 e. The van der Waals surface area contributed by atoms with Gasteiger partial charge in [0.05, 0.1) is 11.3 Å². The predicted octanol–water partition coefficient (Wildman–Crippen LogP) is 6.36. The van der Waals surface area contributed by atoms with E-state index in [4.69, 9.17) is 4.98 Å². The van der Waals surface area contributed by atoms with Crippen LogP contribution in [-0.2, 0) is 0 Å². The number of ketones is 1. The average Bonchev–Trinajstić information content (AvgIpc) is 3.40. The third kappa shape index (κ3) is 4.53. The van der Waals surface area contributed by atoms with Crippen molar-refractivity contribution >= 4 is 28.7 Å². The monoisotopic (exact) mass is 461 g/mol. The Morgan fingerprint density at radius 2 is 1.53 bits per heavy atom. The van der Waals surface area contributed by atoms with E-state index >= 15 is 0 Å². The normalized spacial score (nSPS) is 10.6. The average molecular weight is 462 g/mol. The summed E-state index contributed by atoms with van der Waals surface area (Å²) in [5, 5.41) is 5.79. The van der Waals surface area contributed by atoms with Gasteiger partial charge in [0.1, 0.15) is 5.01 Å². The highest BCUT2D eigenvalue weighted by atomic mass is 32.1. The highest BCUT2D eigenvalue weighted by molar-refractivity contribution is 7.13. The maximum absolute atomic E-state index is 13.1. The van der Waals surface area contributed by atoms with Crippen LogP contribution in [0.15, 0.2) is 109 Å². The fraction of sp³-hybridized carbons (Fsp3) is 0. The molecular weight excluding hydrogens is 442 g/mol. The van der Waals surface area contributed by atoms with Crippen LogP contribution in [0.2, 0.25) is 0 Å². The van der Waals surface area contributed by atoms with Crippen LogP contribution in [-0.4, -0.2) is 21.7 Å². The highest BCUT2D eigenvalue weighted by Crippen LogP contribution is 2.29. The SMILES string of the molecule is O=C(Nc1cccc(-c2csc(-c3cccnc3)n2)c1)c1ccccc1C(=O)c1ccccc1. The number of thiazole rings is 1. The van der Waals surface area contributed by atoms with E-state index in [1.54, 1.807) is 72.3 Å². The summed E-state index contributed by atoms with van der Waals surface area (Å²) < 4.78 is 0. The molecular formula is C28H19N3O2S. The molecule has 0 saturated carbocycles. The van der Waals surface area contributed by atoms with E-state index in [9.17, 15) is 9.59 Å². The van der Waals surface area contributed by atoms with Crippen molar-refractivity contribution in [1.29, 1.82) is 0 Å². The number of carbonyl (C=O) groups is 2. The lowest BCUT2D eigenvalue weighted by Crippen LogP contribution is -2.17. The lowest BCUT2D eigenvalue weighted by atomic mass is 9.98. The molecule has 2 heterocycles. The van der Waals surface area contributed by atoms with E-state index in [1.807, 2.05) is 47.8 Å². The maximum atomic E-state index is 13.1. The number of hydrogen-bond donors (Lipinski definition) is 1. The third-order valence-electron chi connectivity index (χ3n) is 5.28. The molecule has 2 aromatic heterocycles. The van der Waals surface area contributed by atoms with E-state index in [1.165, 1.54) is 0 Å². The van der Waals surface area contributed by atoms with Crippen LogP contribution in [0.1, 0.15) is 26.3 Å². The Labute approximate surface area is 200 Å². The molecule has 3 aromatic carbocycles. The van der Waals surface area contributed by atoms with Gasteiger partial charge in [0, 0.05) is 45.7 Å².